The third kappa shape index (κ3) is 8.20. The number of aliphatic hydroxyl groups is 1. The van der Waals surface area contributed by atoms with Crippen molar-refractivity contribution >= 4 is 17.9 Å². The zero-order valence-corrected chi connectivity index (χ0v) is 15.2. The standard InChI is InChI=1S/C17H31N3O5/c1-20(2)15(22)9-8-13(11-21)19-16(23)14(25-17(18)24)10-12-6-4-3-5-7-12/h12-14,21H,3-11H2,1-2H3,(H2,18,24)(H,19,23)/t13-,14-/m0/s1. The van der Waals surface area contributed by atoms with Crippen LogP contribution in [-0.4, -0.2) is 60.8 Å². The number of nitrogens with two attached hydrogens (primary N) is 1. The van der Waals surface area contributed by atoms with E-state index in [1.165, 1.54) is 11.3 Å². The van der Waals surface area contributed by atoms with Crippen molar-refractivity contribution in [2.45, 2.75) is 63.5 Å². The summed E-state index contributed by atoms with van der Waals surface area (Å²) in [6.45, 7) is -0.292. The molecule has 144 valence electrons. The van der Waals surface area contributed by atoms with E-state index in [2.05, 4.69) is 5.32 Å². The quantitative estimate of drug-likeness (QED) is 0.562. The summed E-state index contributed by atoms with van der Waals surface area (Å²) in [5.41, 5.74) is 5.09. The molecule has 0 radical (unpaired) electrons. The highest BCUT2D eigenvalue weighted by Crippen LogP contribution is 2.28. The lowest BCUT2D eigenvalue weighted by Gasteiger charge is -2.26. The molecule has 0 aromatic carbocycles. The summed E-state index contributed by atoms with van der Waals surface area (Å²) < 4.78 is 4.99. The van der Waals surface area contributed by atoms with Crippen LogP contribution in [0.1, 0.15) is 51.4 Å². The van der Waals surface area contributed by atoms with Gasteiger partial charge in [-0.05, 0) is 18.8 Å². The van der Waals surface area contributed by atoms with E-state index >= 15 is 0 Å². The molecule has 0 aliphatic heterocycles. The van der Waals surface area contributed by atoms with Crippen molar-refractivity contribution in [2.24, 2.45) is 11.7 Å². The van der Waals surface area contributed by atoms with Crippen LogP contribution >= 0.6 is 0 Å². The van der Waals surface area contributed by atoms with Crippen LogP contribution in [0.4, 0.5) is 4.79 Å². The molecule has 2 atom stereocenters. The van der Waals surface area contributed by atoms with Crippen molar-refractivity contribution in [3.8, 4) is 0 Å². The maximum absolute atomic E-state index is 12.4. The largest absolute Gasteiger partial charge is 0.436 e. The van der Waals surface area contributed by atoms with Gasteiger partial charge in [0.25, 0.3) is 5.91 Å². The van der Waals surface area contributed by atoms with Crippen LogP contribution < -0.4 is 11.1 Å². The molecule has 8 nitrogen and oxygen atoms in total. The number of carbonyl (C=O) groups excluding carboxylic acids is 3. The van der Waals surface area contributed by atoms with E-state index in [4.69, 9.17) is 10.5 Å². The number of primary amides is 1. The minimum atomic E-state index is -0.987. The van der Waals surface area contributed by atoms with Gasteiger partial charge < -0.3 is 25.8 Å². The molecule has 3 amide bonds. The molecular formula is C17H31N3O5. The lowest BCUT2D eigenvalue weighted by Crippen LogP contribution is -2.46. The molecule has 0 bridgehead atoms. The molecule has 0 heterocycles. The minimum Gasteiger partial charge on any atom is -0.436 e. The highest BCUT2D eigenvalue weighted by Gasteiger charge is 2.28. The first-order valence-corrected chi connectivity index (χ1v) is 8.91. The predicted molar refractivity (Wildman–Crippen MR) is 92.6 cm³/mol. The third-order valence-electron chi connectivity index (χ3n) is 4.60. The van der Waals surface area contributed by atoms with Gasteiger partial charge >= 0.3 is 6.09 Å². The second kappa shape index (κ2) is 10.9. The minimum absolute atomic E-state index is 0.0835. The van der Waals surface area contributed by atoms with Crippen molar-refractivity contribution in [2.75, 3.05) is 20.7 Å². The second-order valence-corrected chi connectivity index (χ2v) is 6.88. The molecule has 8 heteroatoms. The maximum atomic E-state index is 12.4. The maximum Gasteiger partial charge on any atom is 0.405 e. The molecule has 1 saturated carbocycles. The smallest absolute Gasteiger partial charge is 0.405 e. The van der Waals surface area contributed by atoms with E-state index in [9.17, 15) is 19.5 Å². The highest BCUT2D eigenvalue weighted by molar-refractivity contribution is 5.83. The average Bonchev–Trinajstić information content (AvgIpc) is 2.57. The number of nitrogens with zero attached hydrogens (tertiary/aromatic N) is 1. The summed E-state index contributed by atoms with van der Waals surface area (Å²) >= 11 is 0. The lowest BCUT2D eigenvalue weighted by molar-refractivity contribution is -0.132. The molecule has 0 saturated heterocycles. The molecule has 1 fully saturated rings. The summed E-state index contributed by atoms with van der Waals surface area (Å²) in [6, 6.07) is -0.568. The van der Waals surface area contributed by atoms with Crippen LogP contribution in [0.25, 0.3) is 0 Å². The van der Waals surface area contributed by atoms with Crippen LogP contribution in [0, 0.1) is 5.92 Å². The van der Waals surface area contributed by atoms with Crippen LogP contribution in [0.2, 0.25) is 0 Å². The first-order chi connectivity index (χ1) is 11.8. The van der Waals surface area contributed by atoms with Crippen molar-refractivity contribution < 1.29 is 24.2 Å². The fraction of sp³-hybridized carbons (Fsp3) is 0.824. The Morgan fingerprint density at radius 2 is 1.88 bits per heavy atom. The van der Waals surface area contributed by atoms with Gasteiger partial charge in [-0.3, -0.25) is 9.59 Å². The van der Waals surface area contributed by atoms with Crippen LogP contribution in [0.3, 0.4) is 0 Å². The van der Waals surface area contributed by atoms with Gasteiger partial charge in [0.2, 0.25) is 5.91 Å². The number of aliphatic hydroxyl groups excluding tert-OH is 1. The Morgan fingerprint density at radius 1 is 1.24 bits per heavy atom. The predicted octanol–water partition coefficient (Wildman–Crippen LogP) is 0.766. The fourth-order valence-electron chi connectivity index (χ4n) is 3.10. The van der Waals surface area contributed by atoms with Crippen molar-refractivity contribution in [3.05, 3.63) is 0 Å². The van der Waals surface area contributed by atoms with Gasteiger partial charge in [-0.2, -0.15) is 0 Å². The number of ether oxygens (including phenoxy) is 1. The van der Waals surface area contributed by atoms with Crippen LogP contribution in [0.5, 0.6) is 0 Å². The van der Waals surface area contributed by atoms with E-state index in [1.54, 1.807) is 14.1 Å². The summed E-state index contributed by atoms with van der Waals surface area (Å²) in [5, 5.41) is 12.1. The number of amides is 3. The van der Waals surface area contributed by atoms with E-state index in [-0.39, 0.29) is 18.9 Å². The first-order valence-electron chi connectivity index (χ1n) is 8.91. The van der Waals surface area contributed by atoms with Gasteiger partial charge in [0, 0.05) is 20.5 Å². The van der Waals surface area contributed by atoms with E-state index in [1.807, 2.05) is 0 Å². The normalized spacial score (nSPS) is 17.4. The Hall–Kier alpha value is -1.83. The Morgan fingerprint density at radius 3 is 2.40 bits per heavy atom. The topological polar surface area (TPSA) is 122 Å². The molecule has 0 spiro atoms. The van der Waals surface area contributed by atoms with Crippen molar-refractivity contribution in [1.29, 1.82) is 0 Å². The zero-order chi connectivity index (χ0) is 18.8. The molecule has 1 rings (SSSR count). The molecular weight excluding hydrogens is 326 g/mol. The van der Waals surface area contributed by atoms with Crippen LogP contribution in [0.15, 0.2) is 0 Å². The van der Waals surface area contributed by atoms with Gasteiger partial charge in [0.15, 0.2) is 6.10 Å². The summed E-state index contributed by atoms with van der Waals surface area (Å²) in [5.74, 6) is -0.229. The number of hydrogen-bond donors (Lipinski definition) is 3. The summed E-state index contributed by atoms with van der Waals surface area (Å²) in [6.07, 6.45) is 4.44. The van der Waals surface area contributed by atoms with Gasteiger partial charge in [-0.15, -0.1) is 0 Å². The third-order valence-corrected chi connectivity index (χ3v) is 4.60. The van der Waals surface area contributed by atoms with Gasteiger partial charge in [0.1, 0.15) is 0 Å². The van der Waals surface area contributed by atoms with Gasteiger partial charge in [-0.1, -0.05) is 32.1 Å². The molecule has 25 heavy (non-hydrogen) atoms. The first kappa shape index (κ1) is 21.2. The Balaban J connectivity index is 2.58. The van der Waals surface area contributed by atoms with Crippen LogP contribution in [-0.2, 0) is 14.3 Å². The Kier molecular flexibility index (Phi) is 9.26. The van der Waals surface area contributed by atoms with E-state index < -0.39 is 24.1 Å². The summed E-state index contributed by atoms with van der Waals surface area (Å²) in [7, 11) is 3.30. The van der Waals surface area contributed by atoms with Crippen molar-refractivity contribution in [1.82, 2.24) is 10.2 Å². The number of hydrogen-bond acceptors (Lipinski definition) is 5. The Labute approximate surface area is 149 Å². The summed E-state index contributed by atoms with van der Waals surface area (Å²) in [4.78, 5) is 36.7. The molecule has 4 N–H and O–H groups in total. The molecule has 1 aliphatic carbocycles. The molecule has 1 aliphatic rings. The number of nitrogens with one attached hydrogen (secondary N) is 1. The SMILES string of the molecule is CN(C)C(=O)CC[C@@H](CO)NC(=O)[C@H](CC1CCCCC1)OC(N)=O. The molecule has 0 unspecified atom stereocenters. The molecule has 0 aromatic rings. The zero-order valence-electron chi connectivity index (χ0n) is 15.2. The Bertz CT molecular complexity index is 450. The second-order valence-electron chi connectivity index (χ2n) is 6.88. The van der Waals surface area contributed by atoms with Gasteiger partial charge in [0.05, 0.1) is 12.6 Å². The number of rotatable bonds is 9. The fourth-order valence-corrected chi connectivity index (χ4v) is 3.10. The average molecular weight is 357 g/mol. The van der Waals surface area contributed by atoms with E-state index in [0.29, 0.717) is 18.8 Å². The lowest BCUT2D eigenvalue weighted by atomic mass is 9.85. The van der Waals surface area contributed by atoms with Crippen molar-refractivity contribution in [3.63, 3.8) is 0 Å². The van der Waals surface area contributed by atoms with E-state index in [0.717, 1.165) is 25.7 Å². The monoisotopic (exact) mass is 357 g/mol. The molecule has 0 aromatic heterocycles. The number of carbonyl (C=O) groups is 3. The highest BCUT2D eigenvalue weighted by atomic mass is 16.6. The van der Waals surface area contributed by atoms with Gasteiger partial charge in [-0.25, -0.2) is 4.79 Å².